The zero-order valence-corrected chi connectivity index (χ0v) is 17.6. The Balaban J connectivity index is 1.32. The molecule has 1 aromatic carbocycles. The van der Waals surface area contributed by atoms with Crippen molar-refractivity contribution in [2.24, 2.45) is 0 Å². The van der Waals surface area contributed by atoms with Crippen molar-refractivity contribution < 1.29 is 14.0 Å². The van der Waals surface area contributed by atoms with Crippen molar-refractivity contribution in [1.29, 1.82) is 0 Å². The highest BCUT2D eigenvalue weighted by molar-refractivity contribution is 5.91. The maximum atomic E-state index is 12.0. The molecule has 1 saturated heterocycles. The predicted molar refractivity (Wildman–Crippen MR) is 117 cm³/mol. The number of carbonyl (C=O) groups is 2. The quantitative estimate of drug-likeness (QED) is 0.622. The minimum absolute atomic E-state index is 0.0865. The molecule has 2 N–H and O–H groups in total. The summed E-state index contributed by atoms with van der Waals surface area (Å²) in [6.45, 7) is 5.25. The summed E-state index contributed by atoms with van der Waals surface area (Å²) < 4.78 is 5.12. The lowest BCUT2D eigenvalue weighted by molar-refractivity contribution is -0.121. The molecule has 2 amide bonds. The van der Waals surface area contributed by atoms with E-state index in [9.17, 15) is 9.59 Å². The Hall–Kier alpha value is -2.86. The van der Waals surface area contributed by atoms with E-state index in [1.54, 1.807) is 24.5 Å². The minimum Gasteiger partial charge on any atom is -0.465 e. The first-order chi connectivity index (χ1) is 14.6. The predicted octanol–water partition coefficient (Wildman–Crippen LogP) is 3.49. The molecule has 2 aromatic rings. The van der Waals surface area contributed by atoms with Crippen LogP contribution in [0.25, 0.3) is 6.08 Å². The van der Waals surface area contributed by atoms with Crippen molar-refractivity contribution in [3.8, 4) is 0 Å². The number of nitrogens with one attached hydrogen (secondary N) is 2. The van der Waals surface area contributed by atoms with Gasteiger partial charge in [0.1, 0.15) is 5.76 Å². The number of benzene rings is 1. The Bertz CT molecular complexity index is 828. The van der Waals surface area contributed by atoms with Crippen LogP contribution >= 0.6 is 0 Å². The van der Waals surface area contributed by atoms with Gasteiger partial charge in [0.25, 0.3) is 0 Å². The standard InChI is InChI=1S/C24H31N3O3/c1-19-5-2-3-15-27(19)18-21-9-7-20(8-10-21)17-26-24(29)13-14-25-23(28)12-11-22-6-4-16-30-22/h4,6-12,16,19H,2-3,5,13-15,17-18H2,1H3,(H,25,28)(H,26,29)/b12-11+. The average molecular weight is 410 g/mol. The van der Waals surface area contributed by atoms with Crippen LogP contribution in [-0.4, -0.2) is 35.8 Å². The molecule has 0 radical (unpaired) electrons. The van der Waals surface area contributed by atoms with Crippen LogP contribution in [0, 0.1) is 0 Å². The van der Waals surface area contributed by atoms with Gasteiger partial charge in [0.2, 0.25) is 11.8 Å². The van der Waals surface area contributed by atoms with Crippen LogP contribution in [0.2, 0.25) is 0 Å². The number of furan rings is 1. The van der Waals surface area contributed by atoms with E-state index in [1.165, 1.54) is 37.4 Å². The average Bonchev–Trinajstić information content (AvgIpc) is 3.27. The second kappa shape index (κ2) is 11.4. The lowest BCUT2D eigenvalue weighted by Gasteiger charge is -2.33. The highest BCUT2D eigenvalue weighted by atomic mass is 16.3. The topological polar surface area (TPSA) is 74.6 Å². The van der Waals surface area contributed by atoms with E-state index in [4.69, 9.17) is 4.42 Å². The second-order valence-corrected chi connectivity index (χ2v) is 7.80. The summed E-state index contributed by atoms with van der Waals surface area (Å²) in [6.07, 6.45) is 8.67. The van der Waals surface area contributed by atoms with Crippen molar-refractivity contribution >= 4 is 17.9 Å². The van der Waals surface area contributed by atoms with Gasteiger partial charge in [-0.1, -0.05) is 30.7 Å². The van der Waals surface area contributed by atoms with Crippen molar-refractivity contribution in [3.05, 3.63) is 65.6 Å². The van der Waals surface area contributed by atoms with Crippen LogP contribution in [0.3, 0.4) is 0 Å². The second-order valence-electron chi connectivity index (χ2n) is 7.80. The van der Waals surface area contributed by atoms with Gasteiger partial charge in [-0.05, 0) is 55.6 Å². The molecule has 0 bridgehead atoms. The van der Waals surface area contributed by atoms with E-state index in [0.717, 1.165) is 12.1 Å². The SMILES string of the molecule is CC1CCCCN1Cc1ccc(CNC(=O)CCNC(=O)/C=C/c2ccco2)cc1. The normalized spacial score (nSPS) is 17.2. The summed E-state index contributed by atoms with van der Waals surface area (Å²) in [5.41, 5.74) is 2.38. The number of nitrogens with zero attached hydrogens (tertiary/aromatic N) is 1. The molecule has 6 heteroatoms. The molecule has 1 atom stereocenters. The van der Waals surface area contributed by atoms with Gasteiger partial charge in [0.15, 0.2) is 0 Å². The minimum atomic E-state index is -0.252. The van der Waals surface area contributed by atoms with Crippen LogP contribution in [0.4, 0.5) is 0 Å². The number of hydrogen-bond donors (Lipinski definition) is 2. The molecule has 1 aromatic heterocycles. The summed E-state index contributed by atoms with van der Waals surface area (Å²) in [7, 11) is 0. The molecular weight excluding hydrogens is 378 g/mol. The number of likely N-dealkylation sites (tertiary alicyclic amines) is 1. The van der Waals surface area contributed by atoms with Gasteiger partial charge in [-0.25, -0.2) is 0 Å². The number of hydrogen-bond acceptors (Lipinski definition) is 4. The number of rotatable bonds is 9. The molecule has 1 unspecified atom stereocenters. The van der Waals surface area contributed by atoms with Crippen LogP contribution in [0.15, 0.2) is 53.2 Å². The summed E-state index contributed by atoms with van der Waals surface area (Å²) in [4.78, 5) is 26.3. The number of amides is 2. The Morgan fingerprint density at radius 2 is 1.93 bits per heavy atom. The van der Waals surface area contributed by atoms with Crippen LogP contribution in [0.1, 0.15) is 49.5 Å². The van der Waals surface area contributed by atoms with Crippen molar-refractivity contribution in [2.45, 2.75) is 51.7 Å². The fourth-order valence-corrected chi connectivity index (χ4v) is 3.58. The van der Waals surface area contributed by atoms with Gasteiger partial charge in [-0.3, -0.25) is 14.5 Å². The molecule has 1 aliphatic heterocycles. The highest BCUT2D eigenvalue weighted by Crippen LogP contribution is 2.19. The lowest BCUT2D eigenvalue weighted by atomic mass is 10.0. The third kappa shape index (κ3) is 7.19. The molecule has 1 fully saturated rings. The largest absolute Gasteiger partial charge is 0.465 e. The van der Waals surface area contributed by atoms with Crippen molar-refractivity contribution in [2.75, 3.05) is 13.1 Å². The third-order valence-electron chi connectivity index (χ3n) is 5.43. The van der Waals surface area contributed by atoms with Crippen molar-refractivity contribution in [3.63, 3.8) is 0 Å². The van der Waals surface area contributed by atoms with Gasteiger partial charge >= 0.3 is 0 Å². The Morgan fingerprint density at radius 1 is 1.13 bits per heavy atom. The zero-order valence-electron chi connectivity index (χ0n) is 17.6. The van der Waals surface area contributed by atoms with E-state index in [0.29, 0.717) is 24.9 Å². The number of piperidine rings is 1. The molecule has 160 valence electrons. The molecule has 30 heavy (non-hydrogen) atoms. The molecule has 6 nitrogen and oxygen atoms in total. The summed E-state index contributed by atoms with van der Waals surface area (Å²) in [6, 6.07) is 12.6. The molecule has 0 spiro atoms. The highest BCUT2D eigenvalue weighted by Gasteiger charge is 2.17. The van der Waals surface area contributed by atoms with Crippen LogP contribution < -0.4 is 10.6 Å². The molecule has 3 rings (SSSR count). The monoisotopic (exact) mass is 409 g/mol. The summed E-state index contributed by atoms with van der Waals surface area (Å²) in [5, 5.41) is 5.59. The maximum Gasteiger partial charge on any atom is 0.244 e. The van der Waals surface area contributed by atoms with E-state index in [2.05, 4.69) is 46.7 Å². The first-order valence-electron chi connectivity index (χ1n) is 10.7. The first kappa shape index (κ1) is 21.8. The Kier molecular flexibility index (Phi) is 8.27. The Morgan fingerprint density at radius 3 is 2.67 bits per heavy atom. The van der Waals surface area contributed by atoms with E-state index in [1.807, 2.05) is 0 Å². The fourth-order valence-electron chi connectivity index (χ4n) is 3.58. The lowest BCUT2D eigenvalue weighted by Crippen LogP contribution is -2.36. The third-order valence-corrected chi connectivity index (χ3v) is 5.43. The zero-order chi connectivity index (χ0) is 21.2. The van der Waals surface area contributed by atoms with Gasteiger partial charge in [-0.15, -0.1) is 0 Å². The van der Waals surface area contributed by atoms with Gasteiger partial charge < -0.3 is 15.1 Å². The van der Waals surface area contributed by atoms with E-state index >= 15 is 0 Å². The van der Waals surface area contributed by atoms with Crippen LogP contribution in [0.5, 0.6) is 0 Å². The summed E-state index contributed by atoms with van der Waals surface area (Å²) in [5.74, 6) is 0.272. The van der Waals surface area contributed by atoms with Crippen LogP contribution in [-0.2, 0) is 22.7 Å². The first-order valence-corrected chi connectivity index (χ1v) is 10.7. The molecule has 0 saturated carbocycles. The molecule has 0 aliphatic carbocycles. The molecule has 1 aliphatic rings. The Labute approximate surface area is 178 Å². The smallest absolute Gasteiger partial charge is 0.244 e. The van der Waals surface area contributed by atoms with Gasteiger partial charge in [-0.2, -0.15) is 0 Å². The van der Waals surface area contributed by atoms with E-state index < -0.39 is 0 Å². The number of carbonyl (C=O) groups excluding carboxylic acids is 2. The van der Waals surface area contributed by atoms with Gasteiger partial charge in [0, 0.05) is 38.2 Å². The van der Waals surface area contributed by atoms with Crippen molar-refractivity contribution in [1.82, 2.24) is 15.5 Å². The summed E-state index contributed by atoms with van der Waals surface area (Å²) >= 11 is 0. The molecule has 2 heterocycles. The maximum absolute atomic E-state index is 12.0. The molecular formula is C24H31N3O3. The van der Waals surface area contributed by atoms with Gasteiger partial charge in [0.05, 0.1) is 6.26 Å². The van der Waals surface area contributed by atoms with E-state index in [-0.39, 0.29) is 18.2 Å². The fraction of sp³-hybridized carbons (Fsp3) is 0.417.